The van der Waals surface area contributed by atoms with E-state index in [1.54, 1.807) is 42.5 Å². The van der Waals surface area contributed by atoms with E-state index < -0.39 is 5.91 Å². The molecule has 1 aliphatic rings. The van der Waals surface area contributed by atoms with Crippen molar-refractivity contribution in [3.05, 3.63) is 88.8 Å². The predicted octanol–water partition coefficient (Wildman–Crippen LogP) is 2.60. The van der Waals surface area contributed by atoms with E-state index in [0.717, 1.165) is 11.1 Å². The number of aromatic nitrogens is 2. The molecule has 0 saturated carbocycles. The fraction of sp³-hybridized carbons (Fsp3) is 0.192. The number of aliphatic hydroxyl groups excluding tert-OH is 1. The summed E-state index contributed by atoms with van der Waals surface area (Å²) in [5, 5.41) is 31.5. The molecule has 1 heterocycles. The van der Waals surface area contributed by atoms with Crippen molar-refractivity contribution in [3.8, 4) is 0 Å². The molecule has 2 aromatic rings. The minimum absolute atomic E-state index is 0.0266. The van der Waals surface area contributed by atoms with Crippen LogP contribution in [0.3, 0.4) is 0 Å². The Balaban J connectivity index is 1.80. The first-order valence-electron chi connectivity index (χ1n) is 11.6. The van der Waals surface area contributed by atoms with E-state index in [-0.39, 0.29) is 52.9 Å². The van der Waals surface area contributed by atoms with Crippen LogP contribution in [0.1, 0.15) is 40.7 Å². The van der Waals surface area contributed by atoms with Crippen LogP contribution >= 0.6 is 0 Å². The Bertz CT molecular complexity index is 1310. The summed E-state index contributed by atoms with van der Waals surface area (Å²) in [4.78, 5) is 21.6. The highest BCUT2D eigenvalue weighted by Crippen LogP contribution is 2.23. The Morgan fingerprint density at radius 1 is 1.11 bits per heavy atom. The van der Waals surface area contributed by atoms with Gasteiger partial charge < -0.3 is 32.9 Å². The van der Waals surface area contributed by atoms with Crippen LogP contribution in [0.15, 0.2) is 66.3 Å². The van der Waals surface area contributed by atoms with Gasteiger partial charge in [-0.05, 0) is 23.6 Å². The van der Waals surface area contributed by atoms with Crippen LogP contribution in [-0.4, -0.2) is 39.2 Å². The number of carbonyl (C=O) groups excluding carboxylic acids is 1. The van der Waals surface area contributed by atoms with Crippen LogP contribution in [0, 0.1) is 16.7 Å². The van der Waals surface area contributed by atoms with Crippen molar-refractivity contribution in [2.45, 2.75) is 19.9 Å². The molecule has 1 aliphatic carbocycles. The number of allylic oxidation sites excluding steroid dienone is 3. The summed E-state index contributed by atoms with van der Waals surface area (Å²) in [6.45, 7) is 2.37. The number of nitrogen functional groups attached to an aromatic ring is 2. The smallest absolute Gasteiger partial charge is 0.274 e. The first-order chi connectivity index (χ1) is 17.7. The topological polar surface area (TPSA) is 213 Å². The Hall–Kier alpha value is -4.93. The van der Waals surface area contributed by atoms with Crippen molar-refractivity contribution < 1.29 is 9.90 Å². The molecule has 1 amide bonds. The molecule has 1 unspecified atom stereocenters. The summed E-state index contributed by atoms with van der Waals surface area (Å²) < 4.78 is 0. The van der Waals surface area contributed by atoms with E-state index in [0.29, 0.717) is 18.5 Å². The molecule has 37 heavy (non-hydrogen) atoms. The molecule has 0 bridgehead atoms. The minimum atomic E-state index is -0.532. The summed E-state index contributed by atoms with van der Waals surface area (Å²) in [7, 11) is 0. The molecule has 1 aromatic carbocycles. The Labute approximate surface area is 214 Å². The van der Waals surface area contributed by atoms with Gasteiger partial charge in [0.2, 0.25) is 0 Å². The molecule has 11 heteroatoms. The predicted molar refractivity (Wildman–Crippen MR) is 146 cm³/mol. The molecule has 1 atom stereocenters. The molecular weight excluding hydrogens is 470 g/mol. The van der Waals surface area contributed by atoms with Crippen molar-refractivity contribution in [2.24, 2.45) is 17.4 Å². The SMILES string of the molecule is CCC=C(O)c1nc(N)c(C(=O)NCC2=CC=CC(C(=N)N)C=C2)nc1NCc1ccc(C(=N)N)cc1. The number of amides is 1. The zero-order chi connectivity index (χ0) is 26.9. The highest BCUT2D eigenvalue weighted by Gasteiger charge is 2.20. The lowest BCUT2D eigenvalue weighted by Crippen LogP contribution is -2.28. The van der Waals surface area contributed by atoms with Crippen molar-refractivity contribution in [1.82, 2.24) is 15.3 Å². The number of benzene rings is 1. The van der Waals surface area contributed by atoms with E-state index in [1.807, 2.05) is 25.1 Å². The van der Waals surface area contributed by atoms with E-state index in [2.05, 4.69) is 20.6 Å². The molecule has 0 aliphatic heterocycles. The van der Waals surface area contributed by atoms with Crippen molar-refractivity contribution in [3.63, 3.8) is 0 Å². The summed E-state index contributed by atoms with van der Waals surface area (Å²) in [6, 6.07) is 7.07. The molecule has 11 N–H and O–H groups in total. The second-order valence-electron chi connectivity index (χ2n) is 8.27. The first-order valence-corrected chi connectivity index (χ1v) is 11.6. The molecule has 0 saturated heterocycles. The van der Waals surface area contributed by atoms with Gasteiger partial charge >= 0.3 is 0 Å². The zero-order valence-electron chi connectivity index (χ0n) is 20.5. The van der Waals surface area contributed by atoms with Crippen LogP contribution in [0.5, 0.6) is 0 Å². The Morgan fingerprint density at radius 2 is 1.84 bits per heavy atom. The average molecular weight is 502 g/mol. The molecule has 0 fully saturated rings. The maximum Gasteiger partial charge on any atom is 0.274 e. The van der Waals surface area contributed by atoms with Gasteiger partial charge in [0, 0.05) is 18.7 Å². The monoisotopic (exact) mass is 501 g/mol. The maximum atomic E-state index is 12.9. The second-order valence-corrected chi connectivity index (χ2v) is 8.27. The molecule has 11 nitrogen and oxygen atoms in total. The summed E-state index contributed by atoms with van der Waals surface area (Å²) in [5.74, 6) is -0.862. The van der Waals surface area contributed by atoms with Crippen LogP contribution in [-0.2, 0) is 6.54 Å². The highest BCUT2D eigenvalue weighted by atomic mass is 16.3. The van der Waals surface area contributed by atoms with Crippen LogP contribution < -0.4 is 27.8 Å². The van der Waals surface area contributed by atoms with Crippen molar-refractivity contribution in [2.75, 3.05) is 17.6 Å². The lowest BCUT2D eigenvalue weighted by atomic mass is 10.1. The van der Waals surface area contributed by atoms with Gasteiger partial charge in [0.25, 0.3) is 5.91 Å². The number of aliphatic hydroxyl groups is 1. The number of anilines is 2. The number of hydrogen-bond acceptors (Lipinski definition) is 8. The molecule has 3 rings (SSSR count). The van der Waals surface area contributed by atoms with Crippen molar-refractivity contribution >= 4 is 35.0 Å². The number of rotatable bonds is 10. The zero-order valence-corrected chi connectivity index (χ0v) is 20.5. The van der Waals surface area contributed by atoms with Crippen molar-refractivity contribution in [1.29, 1.82) is 10.8 Å². The van der Waals surface area contributed by atoms with Gasteiger partial charge in [0.1, 0.15) is 23.1 Å². The van der Waals surface area contributed by atoms with Gasteiger partial charge in [-0.1, -0.05) is 61.6 Å². The Morgan fingerprint density at radius 3 is 2.49 bits per heavy atom. The molecule has 192 valence electrons. The third kappa shape index (κ3) is 7.04. The largest absolute Gasteiger partial charge is 0.506 e. The second kappa shape index (κ2) is 12.2. The van der Waals surface area contributed by atoms with Gasteiger partial charge in [0.05, 0.1) is 5.92 Å². The van der Waals surface area contributed by atoms with Gasteiger partial charge in [0.15, 0.2) is 17.3 Å². The van der Waals surface area contributed by atoms with Gasteiger partial charge in [-0.25, -0.2) is 9.97 Å². The number of nitrogens with one attached hydrogen (secondary N) is 4. The average Bonchev–Trinajstić information content (AvgIpc) is 3.12. The minimum Gasteiger partial charge on any atom is -0.506 e. The van der Waals surface area contributed by atoms with Gasteiger partial charge in [-0.2, -0.15) is 0 Å². The summed E-state index contributed by atoms with van der Waals surface area (Å²) >= 11 is 0. The van der Waals surface area contributed by atoms with E-state index in [1.165, 1.54) is 0 Å². The first kappa shape index (κ1) is 26.7. The highest BCUT2D eigenvalue weighted by molar-refractivity contribution is 5.97. The summed E-state index contributed by atoms with van der Waals surface area (Å²) in [5.41, 5.74) is 19.4. The number of carbonyl (C=O) groups is 1. The molecule has 1 aromatic heterocycles. The fourth-order valence-corrected chi connectivity index (χ4v) is 3.43. The van der Waals surface area contributed by atoms with Gasteiger partial charge in [-0.15, -0.1) is 0 Å². The standard InChI is InChI=1S/C26H31N9O2/c1-2-4-19(36)20-25(32-13-16-8-11-18(12-9-16)23(29)30)35-21(24(31)34-20)26(37)33-14-15-5-3-6-17(10-7-15)22(27)28/h3-12,17,36H,2,13-14H2,1H3,(H3,27,28)(H3,29,30)(H2,31,34)(H,32,35)(H,33,37). The van der Waals surface area contributed by atoms with E-state index in [4.69, 9.17) is 28.0 Å². The Kier molecular flexibility index (Phi) is 8.76. The number of amidine groups is 2. The third-order valence-corrected chi connectivity index (χ3v) is 5.46. The number of nitrogens with zero attached hydrogens (tertiary/aromatic N) is 2. The van der Waals surface area contributed by atoms with Gasteiger partial charge in [-0.3, -0.25) is 15.6 Å². The van der Waals surface area contributed by atoms with Crippen LogP contribution in [0.2, 0.25) is 0 Å². The third-order valence-electron chi connectivity index (χ3n) is 5.46. The maximum absolute atomic E-state index is 12.9. The lowest BCUT2D eigenvalue weighted by molar-refractivity contribution is 0.0953. The van der Waals surface area contributed by atoms with Crippen LogP contribution in [0.4, 0.5) is 11.6 Å². The number of nitrogens with two attached hydrogens (primary N) is 3. The van der Waals surface area contributed by atoms with E-state index in [9.17, 15) is 9.90 Å². The molecule has 0 radical (unpaired) electrons. The fourth-order valence-electron chi connectivity index (χ4n) is 3.43. The number of hydrogen-bond donors (Lipinski definition) is 8. The lowest BCUT2D eigenvalue weighted by Gasteiger charge is -2.14. The quantitative estimate of drug-likeness (QED) is 0.137. The normalized spacial score (nSPS) is 15.0. The molecule has 0 spiro atoms. The summed E-state index contributed by atoms with van der Waals surface area (Å²) in [6.07, 6.45) is 11.1. The van der Waals surface area contributed by atoms with E-state index >= 15 is 0 Å². The van der Waals surface area contributed by atoms with Crippen LogP contribution in [0.25, 0.3) is 5.76 Å². The molecular formula is C26H31N9O2.